The van der Waals surface area contributed by atoms with E-state index in [1.54, 1.807) is 0 Å². The Hall–Kier alpha value is -0.0400. The lowest BCUT2D eigenvalue weighted by Gasteiger charge is -2.27. The van der Waals surface area contributed by atoms with Crippen molar-refractivity contribution in [3.63, 3.8) is 0 Å². The Labute approximate surface area is 128 Å². The van der Waals surface area contributed by atoms with Gasteiger partial charge in [-0.3, -0.25) is 0 Å². The average Bonchev–Trinajstić information content (AvgIpc) is 2.50. The minimum Gasteiger partial charge on any atom is -0.327 e. The molecule has 1 heteroatoms. The van der Waals surface area contributed by atoms with Gasteiger partial charge in [-0.2, -0.15) is 0 Å². The fourth-order valence-electron chi connectivity index (χ4n) is 3.67. The Kier molecular flexibility index (Phi) is 11.4. The Morgan fingerprint density at radius 1 is 0.750 bits per heavy atom. The molecule has 20 heavy (non-hydrogen) atoms. The number of nitrogens with two attached hydrogens (primary N) is 1. The molecule has 0 bridgehead atoms. The summed E-state index contributed by atoms with van der Waals surface area (Å²) >= 11 is 0. The molecule has 1 nitrogen and oxygen atoms in total. The summed E-state index contributed by atoms with van der Waals surface area (Å²) in [6, 6.07) is 0.504. The summed E-state index contributed by atoms with van der Waals surface area (Å²) in [5, 5.41) is 0. The molecule has 0 radical (unpaired) electrons. The van der Waals surface area contributed by atoms with E-state index in [0.717, 1.165) is 5.92 Å². The van der Waals surface area contributed by atoms with Gasteiger partial charge in [0.1, 0.15) is 0 Å². The lowest BCUT2D eigenvalue weighted by atomic mass is 9.82. The first kappa shape index (κ1) is 18.0. The molecule has 1 rings (SSSR count). The van der Waals surface area contributed by atoms with Crippen LogP contribution in [0.4, 0.5) is 0 Å². The third-order valence-corrected chi connectivity index (χ3v) is 5.15. The normalized spacial score (nSPS) is 18.3. The van der Waals surface area contributed by atoms with Crippen molar-refractivity contribution in [2.45, 2.75) is 116 Å². The van der Waals surface area contributed by atoms with E-state index in [-0.39, 0.29) is 0 Å². The second-order valence-corrected chi connectivity index (χ2v) is 7.03. The SMILES string of the molecule is CCCCCCCCCCCCC(N)C1CCCCC1. The summed E-state index contributed by atoms with van der Waals surface area (Å²) in [6.45, 7) is 2.29. The highest BCUT2D eigenvalue weighted by Gasteiger charge is 2.19. The Balaban J connectivity index is 1.82. The second-order valence-electron chi connectivity index (χ2n) is 7.03. The summed E-state index contributed by atoms with van der Waals surface area (Å²) in [5.74, 6) is 0.849. The predicted molar refractivity (Wildman–Crippen MR) is 91.0 cm³/mol. The van der Waals surface area contributed by atoms with Crippen molar-refractivity contribution in [3.8, 4) is 0 Å². The molecule has 0 aliphatic heterocycles. The highest BCUT2D eigenvalue weighted by atomic mass is 14.6. The molecule has 1 aliphatic rings. The lowest BCUT2D eigenvalue weighted by Crippen LogP contribution is -2.31. The molecule has 120 valence electrons. The van der Waals surface area contributed by atoms with Gasteiger partial charge in [0.25, 0.3) is 0 Å². The van der Waals surface area contributed by atoms with Crippen LogP contribution < -0.4 is 5.73 Å². The van der Waals surface area contributed by atoms with Crippen LogP contribution in [0.15, 0.2) is 0 Å². The topological polar surface area (TPSA) is 26.0 Å². The van der Waals surface area contributed by atoms with Crippen LogP contribution in [0, 0.1) is 5.92 Å². The molecule has 1 aliphatic carbocycles. The number of rotatable bonds is 12. The quantitative estimate of drug-likeness (QED) is 0.423. The van der Waals surface area contributed by atoms with Crippen LogP contribution in [-0.4, -0.2) is 6.04 Å². The van der Waals surface area contributed by atoms with E-state index in [1.165, 1.54) is 103 Å². The molecule has 0 aromatic rings. The third kappa shape index (κ3) is 9.00. The predicted octanol–water partition coefficient (Wildman–Crippen LogP) is 6.21. The van der Waals surface area contributed by atoms with Gasteiger partial charge in [-0.25, -0.2) is 0 Å². The van der Waals surface area contributed by atoms with Crippen LogP contribution in [0.3, 0.4) is 0 Å². The average molecular weight is 282 g/mol. The molecule has 0 amide bonds. The van der Waals surface area contributed by atoms with Crippen LogP contribution >= 0.6 is 0 Å². The molecule has 0 saturated heterocycles. The highest BCUT2D eigenvalue weighted by Crippen LogP contribution is 2.27. The maximum atomic E-state index is 6.36. The van der Waals surface area contributed by atoms with E-state index >= 15 is 0 Å². The molecule has 1 saturated carbocycles. The van der Waals surface area contributed by atoms with Gasteiger partial charge in [0.05, 0.1) is 0 Å². The van der Waals surface area contributed by atoms with Crippen molar-refractivity contribution in [3.05, 3.63) is 0 Å². The van der Waals surface area contributed by atoms with E-state index in [4.69, 9.17) is 5.73 Å². The molecule has 0 spiro atoms. The summed E-state index contributed by atoms with van der Waals surface area (Å²) in [4.78, 5) is 0. The molecule has 0 heterocycles. The summed E-state index contributed by atoms with van der Waals surface area (Å²) in [6.07, 6.45) is 22.7. The fourth-order valence-corrected chi connectivity index (χ4v) is 3.67. The first-order valence-corrected chi connectivity index (χ1v) is 9.60. The van der Waals surface area contributed by atoms with E-state index in [0.29, 0.717) is 6.04 Å². The van der Waals surface area contributed by atoms with Crippen molar-refractivity contribution < 1.29 is 0 Å². The molecular weight excluding hydrogens is 242 g/mol. The van der Waals surface area contributed by atoms with Gasteiger partial charge in [-0.15, -0.1) is 0 Å². The Morgan fingerprint density at radius 2 is 1.25 bits per heavy atom. The lowest BCUT2D eigenvalue weighted by molar-refractivity contribution is 0.290. The number of hydrogen-bond donors (Lipinski definition) is 1. The van der Waals surface area contributed by atoms with Crippen LogP contribution in [0.25, 0.3) is 0 Å². The largest absolute Gasteiger partial charge is 0.327 e. The van der Waals surface area contributed by atoms with Crippen LogP contribution in [0.5, 0.6) is 0 Å². The zero-order chi connectivity index (χ0) is 14.5. The maximum Gasteiger partial charge on any atom is 0.00671 e. The van der Waals surface area contributed by atoms with Gasteiger partial charge in [0.15, 0.2) is 0 Å². The first-order valence-electron chi connectivity index (χ1n) is 9.60. The van der Waals surface area contributed by atoms with E-state index in [9.17, 15) is 0 Å². The molecule has 0 aromatic carbocycles. The van der Waals surface area contributed by atoms with Gasteiger partial charge in [0, 0.05) is 6.04 Å². The minimum absolute atomic E-state index is 0.504. The molecular formula is C19H39N. The van der Waals surface area contributed by atoms with Gasteiger partial charge >= 0.3 is 0 Å². The summed E-state index contributed by atoms with van der Waals surface area (Å²) < 4.78 is 0. The standard InChI is InChI=1S/C19H39N/c1-2-3-4-5-6-7-8-9-10-14-17-19(20)18-15-12-11-13-16-18/h18-19H,2-17,20H2,1H3. The Bertz CT molecular complexity index is 196. The third-order valence-electron chi connectivity index (χ3n) is 5.15. The fraction of sp³-hybridized carbons (Fsp3) is 1.00. The molecule has 1 atom stereocenters. The highest BCUT2D eigenvalue weighted by molar-refractivity contribution is 4.76. The second kappa shape index (κ2) is 12.7. The first-order chi connectivity index (χ1) is 9.84. The zero-order valence-electron chi connectivity index (χ0n) is 14.0. The van der Waals surface area contributed by atoms with Gasteiger partial charge in [-0.1, -0.05) is 90.4 Å². The minimum atomic E-state index is 0.504. The van der Waals surface area contributed by atoms with Gasteiger partial charge in [-0.05, 0) is 25.2 Å². The molecule has 1 fully saturated rings. The molecule has 0 aromatic heterocycles. The van der Waals surface area contributed by atoms with Gasteiger partial charge in [0.2, 0.25) is 0 Å². The van der Waals surface area contributed by atoms with E-state index in [2.05, 4.69) is 6.92 Å². The number of hydrogen-bond acceptors (Lipinski definition) is 1. The monoisotopic (exact) mass is 281 g/mol. The van der Waals surface area contributed by atoms with Crippen LogP contribution in [0.2, 0.25) is 0 Å². The summed E-state index contributed by atoms with van der Waals surface area (Å²) in [7, 11) is 0. The van der Waals surface area contributed by atoms with Crippen molar-refractivity contribution in [1.29, 1.82) is 0 Å². The molecule has 2 N–H and O–H groups in total. The van der Waals surface area contributed by atoms with Crippen molar-refractivity contribution in [1.82, 2.24) is 0 Å². The van der Waals surface area contributed by atoms with Crippen molar-refractivity contribution >= 4 is 0 Å². The van der Waals surface area contributed by atoms with E-state index < -0.39 is 0 Å². The van der Waals surface area contributed by atoms with Crippen molar-refractivity contribution in [2.24, 2.45) is 11.7 Å². The van der Waals surface area contributed by atoms with Crippen LogP contribution in [-0.2, 0) is 0 Å². The maximum absolute atomic E-state index is 6.36. The summed E-state index contributed by atoms with van der Waals surface area (Å²) in [5.41, 5.74) is 6.36. The van der Waals surface area contributed by atoms with Crippen LogP contribution in [0.1, 0.15) is 110 Å². The molecule has 1 unspecified atom stereocenters. The van der Waals surface area contributed by atoms with E-state index in [1.807, 2.05) is 0 Å². The zero-order valence-corrected chi connectivity index (χ0v) is 14.0. The number of unbranched alkanes of at least 4 members (excludes halogenated alkanes) is 9. The Morgan fingerprint density at radius 3 is 1.80 bits per heavy atom. The van der Waals surface area contributed by atoms with Crippen molar-refractivity contribution in [2.75, 3.05) is 0 Å². The van der Waals surface area contributed by atoms with Gasteiger partial charge < -0.3 is 5.73 Å². The smallest absolute Gasteiger partial charge is 0.00671 e.